The standard InChI is InChI=1S/C17H22N4O3/c1-12-16(24-11-18-12)17(22)20-8-14-4-6-19-21(14)15(9-20)5-7-23-10-13-2-3-13/h4,6,11,13,15H,2-3,5,7-10H2,1H3/t15-/m0/s1. The Hall–Kier alpha value is -2.15. The zero-order valence-corrected chi connectivity index (χ0v) is 13.9. The van der Waals surface area contributed by atoms with E-state index in [0.717, 1.165) is 24.6 Å². The maximum atomic E-state index is 12.7. The fourth-order valence-electron chi connectivity index (χ4n) is 3.16. The Labute approximate surface area is 140 Å². The molecule has 0 bridgehead atoms. The highest BCUT2D eigenvalue weighted by Crippen LogP contribution is 2.29. The van der Waals surface area contributed by atoms with Gasteiger partial charge in [-0.3, -0.25) is 9.48 Å². The summed E-state index contributed by atoms with van der Waals surface area (Å²) in [6.45, 7) is 4.50. The normalized spacial score (nSPS) is 20.2. The monoisotopic (exact) mass is 330 g/mol. The quantitative estimate of drug-likeness (QED) is 0.759. The van der Waals surface area contributed by atoms with Gasteiger partial charge < -0.3 is 14.1 Å². The molecule has 24 heavy (non-hydrogen) atoms. The third-order valence-corrected chi connectivity index (χ3v) is 4.75. The summed E-state index contributed by atoms with van der Waals surface area (Å²) >= 11 is 0. The maximum Gasteiger partial charge on any atom is 0.291 e. The van der Waals surface area contributed by atoms with E-state index in [0.29, 0.717) is 31.2 Å². The van der Waals surface area contributed by atoms with Gasteiger partial charge in [0.1, 0.15) is 0 Å². The summed E-state index contributed by atoms with van der Waals surface area (Å²) in [5, 5.41) is 4.43. The van der Waals surface area contributed by atoms with Crippen LogP contribution in [0.15, 0.2) is 23.1 Å². The fourth-order valence-corrected chi connectivity index (χ4v) is 3.16. The molecule has 1 atom stereocenters. The number of rotatable bonds is 6. The van der Waals surface area contributed by atoms with Crippen molar-refractivity contribution in [2.75, 3.05) is 19.8 Å². The lowest BCUT2D eigenvalue weighted by Gasteiger charge is -2.33. The van der Waals surface area contributed by atoms with Crippen molar-refractivity contribution in [2.45, 2.75) is 38.8 Å². The Morgan fingerprint density at radius 3 is 3.08 bits per heavy atom. The molecule has 1 fully saturated rings. The molecule has 7 heteroatoms. The van der Waals surface area contributed by atoms with Gasteiger partial charge in [0.2, 0.25) is 5.76 Å². The number of nitrogens with zero attached hydrogens (tertiary/aromatic N) is 4. The summed E-state index contributed by atoms with van der Waals surface area (Å²) in [6.07, 6.45) is 6.55. The molecule has 2 aromatic rings. The van der Waals surface area contributed by atoms with Gasteiger partial charge in [-0.2, -0.15) is 5.10 Å². The summed E-state index contributed by atoms with van der Waals surface area (Å²) in [5.74, 6) is 0.983. The number of aromatic nitrogens is 3. The van der Waals surface area contributed by atoms with E-state index in [4.69, 9.17) is 9.15 Å². The van der Waals surface area contributed by atoms with Crippen LogP contribution in [0.3, 0.4) is 0 Å². The lowest BCUT2D eigenvalue weighted by Crippen LogP contribution is -2.41. The van der Waals surface area contributed by atoms with Crippen molar-refractivity contribution < 1.29 is 13.9 Å². The van der Waals surface area contributed by atoms with Gasteiger partial charge in [-0.05, 0) is 38.2 Å². The first-order valence-electron chi connectivity index (χ1n) is 8.52. The first-order valence-corrected chi connectivity index (χ1v) is 8.52. The molecule has 0 saturated heterocycles. The first kappa shape index (κ1) is 15.4. The van der Waals surface area contributed by atoms with Crippen LogP contribution in [-0.2, 0) is 11.3 Å². The van der Waals surface area contributed by atoms with Crippen molar-refractivity contribution in [1.29, 1.82) is 0 Å². The molecule has 2 aromatic heterocycles. The van der Waals surface area contributed by atoms with Crippen molar-refractivity contribution in [2.24, 2.45) is 5.92 Å². The molecule has 128 valence electrons. The predicted octanol–water partition coefficient (Wildman–Crippen LogP) is 2.19. The van der Waals surface area contributed by atoms with Crippen LogP contribution >= 0.6 is 0 Å². The van der Waals surface area contributed by atoms with Crippen LogP contribution in [0.4, 0.5) is 0 Å². The van der Waals surface area contributed by atoms with Gasteiger partial charge in [-0.25, -0.2) is 4.98 Å². The van der Waals surface area contributed by atoms with Gasteiger partial charge in [0, 0.05) is 26.0 Å². The van der Waals surface area contributed by atoms with Crippen LogP contribution in [-0.4, -0.2) is 45.3 Å². The summed E-state index contributed by atoms with van der Waals surface area (Å²) in [6, 6.07) is 2.10. The van der Waals surface area contributed by atoms with Crippen molar-refractivity contribution >= 4 is 5.91 Å². The summed E-state index contributed by atoms with van der Waals surface area (Å²) in [7, 11) is 0. The van der Waals surface area contributed by atoms with E-state index in [9.17, 15) is 4.79 Å². The zero-order valence-electron chi connectivity index (χ0n) is 13.9. The molecule has 0 radical (unpaired) electrons. The number of aryl methyl sites for hydroxylation is 1. The highest BCUT2D eigenvalue weighted by atomic mass is 16.5. The van der Waals surface area contributed by atoms with Crippen molar-refractivity contribution in [3.63, 3.8) is 0 Å². The molecular weight excluding hydrogens is 308 g/mol. The van der Waals surface area contributed by atoms with Crippen molar-refractivity contribution in [3.05, 3.63) is 35.8 Å². The number of amides is 1. The molecule has 4 rings (SSSR count). The van der Waals surface area contributed by atoms with Crippen molar-refractivity contribution in [3.8, 4) is 0 Å². The molecule has 1 amide bonds. The van der Waals surface area contributed by atoms with E-state index in [2.05, 4.69) is 10.1 Å². The van der Waals surface area contributed by atoms with Crippen LogP contribution in [0.25, 0.3) is 0 Å². The first-order chi connectivity index (χ1) is 11.7. The molecule has 0 aromatic carbocycles. The Morgan fingerprint density at radius 2 is 2.33 bits per heavy atom. The highest BCUT2D eigenvalue weighted by molar-refractivity contribution is 5.92. The largest absolute Gasteiger partial charge is 0.438 e. The molecule has 0 spiro atoms. The number of carbonyl (C=O) groups is 1. The van der Waals surface area contributed by atoms with E-state index < -0.39 is 0 Å². The number of ether oxygens (including phenoxy) is 1. The minimum atomic E-state index is -0.110. The molecule has 7 nitrogen and oxygen atoms in total. The summed E-state index contributed by atoms with van der Waals surface area (Å²) < 4.78 is 13.1. The van der Waals surface area contributed by atoms with Crippen LogP contribution in [0.5, 0.6) is 0 Å². The average molecular weight is 330 g/mol. The Bertz CT molecular complexity index is 719. The lowest BCUT2D eigenvalue weighted by atomic mass is 10.1. The number of oxazole rings is 1. The SMILES string of the molecule is Cc1ncoc1C(=O)N1Cc2ccnn2[C@@H](CCOCC2CC2)C1. The van der Waals surface area contributed by atoms with Gasteiger partial charge in [-0.1, -0.05) is 0 Å². The van der Waals surface area contributed by atoms with Gasteiger partial charge >= 0.3 is 0 Å². The molecule has 2 aliphatic rings. The highest BCUT2D eigenvalue weighted by Gasteiger charge is 2.31. The van der Waals surface area contributed by atoms with Gasteiger partial charge in [0.25, 0.3) is 5.91 Å². The molecular formula is C17H22N4O3. The number of carbonyl (C=O) groups excluding carboxylic acids is 1. The molecule has 1 aliphatic heterocycles. The van der Waals surface area contributed by atoms with Crippen molar-refractivity contribution in [1.82, 2.24) is 19.7 Å². The Morgan fingerprint density at radius 1 is 1.46 bits per heavy atom. The molecule has 3 heterocycles. The minimum absolute atomic E-state index is 0.110. The van der Waals surface area contributed by atoms with Crippen LogP contribution in [0, 0.1) is 12.8 Å². The second-order valence-corrected chi connectivity index (χ2v) is 6.68. The fraction of sp³-hybridized carbons (Fsp3) is 0.588. The maximum absolute atomic E-state index is 12.7. The predicted molar refractivity (Wildman–Crippen MR) is 85.4 cm³/mol. The molecule has 1 aliphatic carbocycles. The van der Waals surface area contributed by atoms with Crippen LogP contribution in [0.2, 0.25) is 0 Å². The number of hydrogen-bond donors (Lipinski definition) is 0. The van der Waals surface area contributed by atoms with Crippen LogP contribution in [0.1, 0.15) is 47.2 Å². The van der Waals surface area contributed by atoms with Gasteiger partial charge in [0.15, 0.2) is 6.39 Å². The number of hydrogen-bond acceptors (Lipinski definition) is 5. The minimum Gasteiger partial charge on any atom is -0.438 e. The third-order valence-electron chi connectivity index (χ3n) is 4.75. The average Bonchev–Trinajstić information content (AvgIpc) is 3.10. The number of fused-ring (bicyclic) bond motifs is 1. The van der Waals surface area contributed by atoms with E-state index >= 15 is 0 Å². The molecule has 1 saturated carbocycles. The van der Waals surface area contributed by atoms with Gasteiger partial charge in [0.05, 0.1) is 24.0 Å². The van der Waals surface area contributed by atoms with Gasteiger partial charge in [-0.15, -0.1) is 0 Å². The van der Waals surface area contributed by atoms with E-state index in [1.807, 2.05) is 15.6 Å². The zero-order chi connectivity index (χ0) is 16.5. The smallest absolute Gasteiger partial charge is 0.291 e. The second-order valence-electron chi connectivity index (χ2n) is 6.68. The van der Waals surface area contributed by atoms with Crippen LogP contribution < -0.4 is 0 Å². The molecule has 0 N–H and O–H groups in total. The summed E-state index contributed by atoms with van der Waals surface area (Å²) in [4.78, 5) is 18.6. The Balaban J connectivity index is 1.44. The van der Waals surface area contributed by atoms with E-state index in [-0.39, 0.29) is 11.9 Å². The van der Waals surface area contributed by atoms with E-state index in [1.54, 1.807) is 13.1 Å². The summed E-state index contributed by atoms with van der Waals surface area (Å²) in [5.41, 5.74) is 1.67. The topological polar surface area (TPSA) is 73.4 Å². The molecule has 0 unspecified atom stereocenters. The lowest BCUT2D eigenvalue weighted by molar-refractivity contribution is 0.0581. The third kappa shape index (κ3) is 3.08. The van der Waals surface area contributed by atoms with E-state index in [1.165, 1.54) is 19.2 Å². The second kappa shape index (κ2) is 6.39. The Kier molecular flexibility index (Phi) is 4.10.